The maximum atomic E-state index is 12.3. The molecule has 0 saturated carbocycles. The zero-order valence-corrected chi connectivity index (χ0v) is 15.4. The summed E-state index contributed by atoms with van der Waals surface area (Å²) in [5.74, 6) is 0.0425. The molecule has 0 unspecified atom stereocenters. The molecule has 2 heterocycles. The van der Waals surface area contributed by atoms with E-state index in [4.69, 9.17) is 11.6 Å². The minimum Gasteiger partial charge on any atom is -0.340 e. The third kappa shape index (κ3) is 3.52. The Kier molecular flexibility index (Phi) is 5.28. The van der Waals surface area contributed by atoms with Crippen LogP contribution in [-0.4, -0.2) is 37.4 Å². The fourth-order valence-corrected chi connectivity index (χ4v) is 2.72. The first kappa shape index (κ1) is 17.0. The van der Waals surface area contributed by atoms with Crippen molar-refractivity contribution in [2.75, 3.05) is 7.05 Å². The monoisotopic (exact) mass is 387 g/mol. The van der Waals surface area contributed by atoms with Crippen molar-refractivity contribution >= 4 is 33.4 Å². The van der Waals surface area contributed by atoms with Gasteiger partial charge >= 0.3 is 0 Å². The molecule has 2 aromatic rings. The summed E-state index contributed by atoms with van der Waals surface area (Å²) in [4.78, 5) is 13.9. The molecule has 0 bridgehead atoms. The summed E-state index contributed by atoms with van der Waals surface area (Å²) in [6, 6.07) is 0. The number of hydrogen-bond acceptors (Lipinski definition) is 3. The average molecular weight is 389 g/mol. The molecule has 0 aliphatic rings. The Morgan fingerprint density at radius 3 is 2.64 bits per heavy atom. The van der Waals surface area contributed by atoms with E-state index in [1.54, 1.807) is 22.8 Å². The van der Waals surface area contributed by atoms with E-state index >= 15 is 0 Å². The van der Waals surface area contributed by atoms with E-state index in [2.05, 4.69) is 26.1 Å². The highest BCUT2D eigenvalue weighted by atomic mass is 79.9. The summed E-state index contributed by atoms with van der Waals surface area (Å²) in [5.41, 5.74) is 2.79. The molecule has 0 saturated heterocycles. The minimum absolute atomic E-state index is 0.0425. The molecule has 0 aromatic carbocycles. The van der Waals surface area contributed by atoms with Crippen LogP contribution in [0.4, 0.5) is 0 Å². The van der Waals surface area contributed by atoms with Crippen molar-refractivity contribution in [1.29, 1.82) is 0 Å². The minimum atomic E-state index is 0.0425. The van der Waals surface area contributed by atoms with Crippen molar-refractivity contribution in [3.63, 3.8) is 0 Å². The predicted octanol–water partition coefficient (Wildman–Crippen LogP) is 2.70. The Bertz CT molecular complexity index is 674. The normalized spacial score (nSPS) is 11.0. The summed E-state index contributed by atoms with van der Waals surface area (Å²) >= 11 is 9.56. The van der Waals surface area contributed by atoms with Gasteiger partial charge in [-0.2, -0.15) is 10.2 Å². The molecule has 0 N–H and O–H groups in total. The first-order valence-electron chi connectivity index (χ1n) is 6.91. The fraction of sp³-hybridized carbons (Fsp3) is 0.500. The number of halogens is 2. The molecule has 22 heavy (non-hydrogen) atoms. The smallest absolute Gasteiger partial charge is 0.224 e. The maximum Gasteiger partial charge on any atom is 0.224 e. The van der Waals surface area contributed by atoms with Crippen molar-refractivity contribution in [3.8, 4) is 0 Å². The number of aryl methyl sites for hydroxylation is 3. The Hall–Kier alpha value is -1.34. The maximum absolute atomic E-state index is 12.3. The van der Waals surface area contributed by atoms with E-state index in [-0.39, 0.29) is 5.91 Å². The summed E-state index contributed by atoms with van der Waals surface area (Å²) in [7, 11) is 3.58. The third-order valence-electron chi connectivity index (χ3n) is 3.65. The Morgan fingerprint density at radius 1 is 1.45 bits per heavy atom. The van der Waals surface area contributed by atoms with Gasteiger partial charge in [0.1, 0.15) is 0 Å². The van der Waals surface area contributed by atoms with Crippen LogP contribution in [0, 0.1) is 13.8 Å². The highest BCUT2D eigenvalue weighted by molar-refractivity contribution is 9.10. The van der Waals surface area contributed by atoms with Crippen LogP contribution < -0.4 is 0 Å². The molecule has 6 nitrogen and oxygen atoms in total. The van der Waals surface area contributed by atoms with Gasteiger partial charge in [0.05, 0.1) is 40.2 Å². The van der Waals surface area contributed by atoms with E-state index in [0.717, 1.165) is 21.6 Å². The molecule has 2 aromatic heterocycles. The van der Waals surface area contributed by atoms with Crippen LogP contribution in [0.15, 0.2) is 10.7 Å². The lowest BCUT2D eigenvalue weighted by molar-refractivity contribution is -0.130. The van der Waals surface area contributed by atoms with Gasteiger partial charge in [-0.15, -0.1) is 0 Å². The lowest BCUT2D eigenvalue weighted by Gasteiger charge is -2.17. The molecule has 0 aliphatic carbocycles. The molecule has 0 aliphatic heterocycles. The van der Waals surface area contributed by atoms with Crippen molar-refractivity contribution < 1.29 is 4.79 Å². The lowest BCUT2D eigenvalue weighted by Crippen LogP contribution is -2.28. The summed E-state index contributed by atoms with van der Waals surface area (Å²) in [5, 5.41) is 9.06. The van der Waals surface area contributed by atoms with E-state index in [9.17, 15) is 4.79 Å². The van der Waals surface area contributed by atoms with E-state index < -0.39 is 0 Å². The third-order valence-corrected chi connectivity index (χ3v) is 5.12. The first-order valence-corrected chi connectivity index (χ1v) is 8.08. The zero-order chi connectivity index (χ0) is 16.4. The van der Waals surface area contributed by atoms with Gasteiger partial charge in [-0.05, 0) is 29.8 Å². The number of carbonyl (C=O) groups is 1. The number of rotatable bonds is 5. The highest BCUT2D eigenvalue weighted by Gasteiger charge is 2.15. The van der Waals surface area contributed by atoms with Gasteiger partial charge in [0.15, 0.2) is 0 Å². The molecular weight excluding hydrogens is 370 g/mol. The fourth-order valence-electron chi connectivity index (χ4n) is 2.21. The van der Waals surface area contributed by atoms with Gasteiger partial charge in [0.2, 0.25) is 5.91 Å². The van der Waals surface area contributed by atoms with Gasteiger partial charge in [-0.25, -0.2) is 0 Å². The van der Waals surface area contributed by atoms with Crippen molar-refractivity contribution in [2.24, 2.45) is 7.05 Å². The van der Waals surface area contributed by atoms with Crippen LogP contribution in [0.25, 0.3) is 0 Å². The van der Waals surface area contributed by atoms with Crippen LogP contribution in [0.5, 0.6) is 0 Å². The molecule has 0 radical (unpaired) electrons. The Labute approximate surface area is 143 Å². The molecule has 0 atom stereocenters. The largest absolute Gasteiger partial charge is 0.340 e. The second-order valence-electron chi connectivity index (χ2n) is 5.27. The number of nitrogens with zero attached hydrogens (tertiary/aromatic N) is 5. The standard InChI is InChI=1S/C14H19BrClN5O/c1-9-14(15)10(2)21(18-9)6-5-13(22)19(3)8-12-11(16)7-17-20(12)4/h7H,5-6,8H2,1-4H3. The average Bonchev–Trinajstić information content (AvgIpc) is 2.92. The van der Waals surface area contributed by atoms with E-state index in [1.165, 1.54) is 0 Å². The predicted molar refractivity (Wildman–Crippen MR) is 88.7 cm³/mol. The summed E-state index contributed by atoms with van der Waals surface area (Å²) in [6.45, 7) is 4.91. The Morgan fingerprint density at radius 2 is 2.14 bits per heavy atom. The van der Waals surface area contributed by atoms with Gasteiger partial charge in [-0.1, -0.05) is 11.6 Å². The summed E-state index contributed by atoms with van der Waals surface area (Å²) in [6.07, 6.45) is 1.98. The van der Waals surface area contributed by atoms with Crippen molar-refractivity contribution in [2.45, 2.75) is 33.4 Å². The molecular formula is C14H19BrClN5O. The van der Waals surface area contributed by atoms with E-state index in [1.807, 2.05) is 25.6 Å². The lowest BCUT2D eigenvalue weighted by atomic mass is 10.3. The second kappa shape index (κ2) is 6.83. The van der Waals surface area contributed by atoms with Crippen LogP contribution in [0.2, 0.25) is 5.02 Å². The molecule has 8 heteroatoms. The van der Waals surface area contributed by atoms with Crippen LogP contribution >= 0.6 is 27.5 Å². The second-order valence-corrected chi connectivity index (χ2v) is 6.47. The quantitative estimate of drug-likeness (QED) is 0.791. The molecule has 2 rings (SSSR count). The molecule has 120 valence electrons. The number of hydrogen-bond donors (Lipinski definition) is 0. The Balaban J connectivity index is 1.96. The van der Waals surface area contributed by atoms with Crippen LogP contribution in [0.1, 0.15) is 23.5 Å². The number of aromatic nitrogens is 4. The van der Waals surface area contributed by atoms with E-state index in [0.29, 0.717) is 24.5 Å². The molecule has 1 amide bonds. The van der Waals surface area contributed by atoms with Crippen molar-refractivity contribution in [3.05, 3.63) is 32.8 Å². The topological polar surface area (TPSA) is 56.0 Å². The van der Waals surface area contributed by atoms with Gasteiger partial charge in [-0.3, -0.25) is 14.2 Å². The number of carbonyl (C=O) groups excluding carboxylic acids is 1. The first-order chi connectivity index (χ1) is 10.3. The van der Waals surface area contributed by atoms with Gasteiger partial charge in [0, 0.05) is 26.2 Å². The SMILES string of the molecule is Cc1nn(CCC(=O)N(C)Cc2c(Cl)cnn2C)c(C)c1Br. The molecule has 0 fully saturated rings. The van der Waals surface area contributed by atoms with Gasteiger partial charge < -0.3 is 4.90 Å². The summed E-state index contributed by atoms with van der Waals surface area (Å²) < 4.78 is 4.53. The number of amides is 1. The van der Waals surface area contributed by atoms with Crippen LogP contribution in [-0.2, 0) is 24.9 Å². The van der Waals surface area contributed by atoms with Crippen molar-refractivity contribution in [1.82, 2.24) is 24.5 Å². The van der Waals surface area contributed by atoms with Gasteiger partial charge in [0.25, 0.3) is 0 Å². The highest BCUT2D eigenvalue weighted by Crippen LogP contribution is 2.20. The molecule has 0 spiro atoms. The zero-order valence-electron chi connectivity index (χ0n) is 13.1. The van der Waals surface area contributed by atoms with Crippen LogP contribution in [0.3, 0.4) is 0 Å².